The standard InChI is InChI=1S/C14H19ClN4S/c1-3-6-17-13(14-12(4-2)18-19-20-14)8-10-5-7-16-9-11(10)15/h5,7,9,13,17H,3-4,6,8H2,1-2H3. The molecule has 2 heterocycles. The third kappa shape index (κ3) is 3.75. The van der Waals surface area contributed by atoms with Gasteiger partial charge in [0, 0.05) is 18.4 Å². The highest BCUT2D eigenvalue weighted by molar-refractivity contribution is 7.05. The van der Waals surface area contributed by atoms with Gasteiger partial charge in [-0.15, -0.1) is 5.10 Å². The van der Waals surface area contributed by atoms with Crippen LogP contribution in [0.5, 0.6) is 0 Å². The van der Waals surface area contributed by atoms with Crippen molar-refractivity contribution in [3.05, 3.63) is 39.6 Å². The fourth-order valence-corrected chi connectivity index (χ4v) is 3.10. The van der Waals surface area contributed by atoms with Gasteiger partial charge in [0.1, 0.15) is 0 Å². The molecular formula is C14H19ClN4S. The average molecular weight is 311 g/mol. The SMILES string of the molecule is CCCNC(Cc1ccncc1Cl)c1snnc1CC. The maximum Gasteiger partial charge on any atom is 0.0801 e. The molecule has 0 aliphatic carbocycles. The fourth-order valence-electron chi connectivity index (χ4n) is 2.09. The normalized spacial score (nSPS) is 12.6. The van der Waals surface area contributed by atoms with Gasteiger partial charge in [-0.2, -0.15) is 0 Å². The topological polar surface area (TPSA) is 50.7 Å². The van der Waals surface area contributed by atoms with Gasteiger partial charge in [0.05, 0.1) is 15.6 Å². The first-order chi connectivity index (χ1) is 9.76. The predicted molar refractivity (Wildman–Crippen MR) is 83.3 cm³/mol. The van der Waals surface area contributed by atoms with E-state index in [-0.39, 0.29) is 6.04 Å². The molecule has 0 aromatic carbocycles. The molecule has 0 bridgehead atoms. The number of hydrogen-bond acceptors (Lipinski definition) is 5. The van der Waals surface area contributed by atoms with E-state index < -0.39 is 0 Å². The van der Waals surface area contributed by atoms with E-state index in [0.717, 1.165) is 37.1 Å². The van der Waals surface area contributed by atoms with E-state index >= 15 is 0 Å². The minimum absolute atomic E-state index is 0.213. The molecule has 20 heavy (non-hydrogen) atoms. The van der Waals surface area contributed by atoms with Crippen molar-refractivity contribution < 1.29 is 0 Å². The van der Waals surface area contributed by atoms with Crippen LogP contribution in [0.1, 0.15) is 42.4 Å². The quantitative estimate of drug-likeness (QED) is 0.851. The first-order valence-electron chi connectivity index (χ1n) is 6.89. The van der Waals surface area contributed by atoms with Crippen molar-refractivity contribution in [1.82, 2.24) is 19.9 Å². The van der Waals surface area contributed by atoms with Crippen LogP contribution in [-0.2, 0) is 12.8 Å². The molecule has 1 atom stereocenters. The maximum absolute atomic E-state index is 6.22. The summed E-state index contributed by atoms with van der Waals surface area (Å²) < 4.78 is 4.09. The summed E-state index contributed by atoms with van der Waals surface area (Å²) in [6.45, 7) is 5.24. The van der Waals surface area contributed by atoms with Crippen molar-refractivity contribution in [2.45, 2.75) is 39.2 Å². The van der Waals surface area contributed by atoms with Gasteiger partial charge in [0.2, 0.25) is 0 Å². The summed E-state index contributed by atoms with van der Waals surface area (Å²) >= 11 is 7.69. The third-order valence-corrected chi connectivity index (χ3v) is 4.38. The lowest BCUT2D eigenvalue weighted by atomic mass is 10.0. The molecule has 108 valence electrons. The summed E-state index contributed by atoms with van der Waals surface area (Å²) in [6, 6.07) is 2.19. The number of rotatable bonds is 7. The Hall–Kier alpha value is -1.04. The summed E-state index contributed by atoms with van der Waals surface area (Å²) in [5.74, 6) is 0. The van der Waals surface area contributed by atoms with Gasteiger partial charge in [-0.25, -0.2) is 0 Å². The van der Waals surface area contributed by atoms with E-state index in [4.69, 9.17) is 11.6 Å². The van der Waals surface area contributed by atoms with Crippen LogP contribution >= 0.6 is 23.1 Å². The van der Waals surface area contributed by atoms with E-state index in [2.05, 4.69) is 33.7 Å². The monoisotopic (exact) mass is 310 g/mol. The zero-order valence-corrected chi connectivity index (χ0v) is 13.3. The number of aryl methyl sites for hydroxylation is 1. The Balaban J connectivity index is 2.22. The first-order valence-corrected chi connectivity index (χ1v) is 8.04. The van der Waals surface area contributed by atoms with Crippen LogP contribution in [0.3, 0.4) is 0 Å². The molecule has 1 unspecified atom stereocenters. The number of nitrogens with one attached hydrogen (secondary N) is 1. The predicted octanol–water partition coefficient (Wildman–Crippen LogP) is 3.43. The zero-order valence-electron chi connectivity index (χ0n) is 11.8. The van der Waals surface area contributed by atoms with Crippen molar-refractivity contribution in [2.75, 3.05) is 6.54 Å². The minimum atomic E-state index is 0.213. The Morgan fingerprint density at radius 3 is 2.95 bits per heavy atom. The van der Waals surface area contributed by atoms with Crippen LogP contribution in [0, 0.1) is 0 Å². The third-order valence-electron chi connectivity index (χ3n) is 3.16. The van der Waals surface area contributed by atoms with Crippen molar-refractivity contribution in [3.63, 3.8) is 0 Å². The molecule has 2 rings (SSSR count). The highest BCUT2D eigenvalue weighted by atomic mass is 35.5. The molecule has 1 N–H and O–H groups in total. The van der Waals surface area contributed by atoms with E-state index in [1.54, 1.807) is 12.4 Å². The Labute approximate surface area is 128 Å². The summed E-state index contributed by atoms with van der Waals surface area (Å²) in [5, 5.41) is 8.50. The number of halogens is 1. The van der Waals surface area contributed by atoms with E-state index in [1.165, 1.54) is 16.4 Å². The van der Waals surface area contributed by atoms with Crippen LogP contribution in [0.4, 0.5) is 0 Å². The highest BCUT2D eigenvalue weighted by Gasteiger charge is 2.19. The van der Waals surface area contributed by atoms with Crippen molar-refractivity contribution >= 4 is 23.1 Å². The molecule has 0 aliphatic rings. The Bertz CT molecular complexity index is 543. The van der Waals surface area contributed by atoms with Crippen LogP contribution < -0.4 is 5.32 Å². The number of pyridine rings is 1. The molecule has 0 fully saturated rings. The number of aromatic nitrogens is 3. The molecule has 2 aromatic heterocycles. The van der Waals surface area contributed by atoms with E-state index in [9.17, 15) is 0 Å². The lowest BCUT2D eigenvalue weighted by Gasteiger charge is -2.18. The molecule has 0 amide bonds. The lowest BCUT2D eigenvalue weighted by molar-refractivity contribution is 0.532. The maximum atomic E-state index is 6.22. The summed E-state index contributed by atoms with van der Waals surface area (Å²) in [7, 11) is 0. The summed E-state index contributed by atoms with van der Waals surface area (Å²) in [5.41, 5.74) is 2.18. The molecule has 4 nitrogen and oxygen atoms in total. The Morgan fingerprint density at radius 2 is 2.25 bits per heavy atom. The van der Waals surface area contributed by atoms with E-state index in [0.29, 0.717) is 5.02 Å². The molecule has 0 aliphatic heterocycles. The Morgan fingerprint density at radius 1 is 1.40 bits per heavy atom. The van der Waals surface area contributed by atoms with Gasteiger partial charge in [-0.3, -0.25) is 4.98 Å². The average Bonchev–Trinajstić information content (AvgIpc) is 2.93. The van der Waals surface area contributed by atoms with Crippen LogP contribution in [0.2, 0.25) is 5.02 Å². The highest BCUT2D eigenvalue weighted by Crippen LogP contribution is 2.27. The second kappa shape index (κ2) is 7.67. The molecule has 0 saturated heterocycles. The number of hydrogen-bond donors (Lipinski definition) is 1. The molecule has 2 aromatic rings. The first kappa shape index (κ1) is 15.4. The van der Waals surface area contributed by atoms with Crippen LogP contribution in [-0.4, -0.2) is 21.1 Å². The second-order valence-electron chi connectivity index (χ2n) is 4.62. The zero-order chi connectivity index (χ0) is 14.4. The van der Waals surface area contributed by atoms with E-state index in [1.807, 2.05) is 6.07 Å². The Kier molecular flexibility index (Phi) is 5.88. The minimum Gasteiger partial charge on any atom is -0.309 e. The van der Waals surface area contributed by atoms with Gasteiger partial charge < -0.3 is 5.32 Å². The molecule has 0 saturated carbocycles. The lowest BCUT2D eigenvalue weighted by Crippen LogP contribution is -2.24. The largest absolute Gasteiger partial charge is 0.309 e. The summed E-state index contributed by atoms with van der Waals surface area (Å²) in [6.07, 6.45) is 6.30. The van der Waals surface area contributed by atoms with Crippen molar-refractivity contribution in [3.8, 4) is 0 Å². The van der Waals surface area contributed by atoms with Gasteiger partial charge in [0.15, 0.2) is 0 Å². The molecule has 6 heteroatoms. The smallest absolute Gasteiger partial charge is 0.0801 e. The summed E-state index contributed by atoms with van der Waals surface area (Å²) in [4.78, 5) is 5.25. The molecular weight excluding hydrogens is 292 g/mol. The number of nitrogens with zero attached hydrogens (tertiary/aromatic N) is 3. The van der Waals surface area contributed by atoms with Gasteiger partial charge in [-0.05, 0) is 49.0 Å². The molecule has 0 spiro atoms. The van der Waals surface area contributed by atoms with Crippen molar-refractivity contribution in [1.29, 1.82) is 0 Å². The van der Waals surface area contributed by atoms with Crippen LogP contribution in [0.15, 0.2) is 18.5 Å². The fraction of sp³-hybridized carbons (Fsp3) is 0.500. The van der Waals surface area contributed by atoms with Gasteiger partial charge in [-0.1, -0.05) is 29.9 Å². The van der Waals surface area contributed by atoms with Crippen LogP contribution in [0.25, 0.3) is 0 Å². The van der Waals surface area contributed by atoms with Gasteiger partial charge >= 0.3 is 0 Å². The van der Waals surface area contributed by atoms with Gasteiger partial charge in [0.25, 0.3) is 0 Å². The second-order valence-corrected chi connectivity index (χ2v) is 5.81. The van der Waals surface area contributed by atoms with Crippen molar-refractivity contribution in [2.24, 2.45) is 0 Å². The molecule has 0 radical (unpaired) electrons.